The third kappa shape index (κ3) is 2.55. The Balaban J connectivity index is 2.50. The zero-order valence-electron chi connectivity index (χ0n) is 6.52. The Hall–Kier alpha value is 0.150. The van der Waals surface area contributed by atoms with Gasteiger partial charge in [0.2, 0.25) is 0 Å². The van der Waals surface area contributed by atoms with Crippen molar-refractivity contribution in [3.05, 3.63) is 0 Å². The number of hydrogen-bond acceptors (Lipinski definition) is 7. The van der Waals surface area contributed by atoms with E-state index >= 15 is 0 Å². The van der Waals surface area contributed by atoms with Crippen molar-refractivity contribution in [1.82, 2.24) is 0 Å². The van der Waals surface area contributed by atoms with Crippen molar-refractivity contribution >= 4 is 8.60 Å². The second kappa shape index (κ2) is 4.59. The molecule has 1 aliphatic heterocycles. The Bertz CT molecular complexity index is 165. The lowest BCUT2D eigenvalue weighted by molar-refractivity contribution is -0.120. The molecule has 1 aliphatic rings. The summed E-state index contributed by atoms with van der Waals surface area (Å²) in [7, 11) is -2.66. The van der Waals surface area contributed by atoms with Crippen LogP contribution in [-0.2, 0) is 9.26 Å². The van der Waals surface area contributed by atoms with Crippen LogP contribution in [0.4, 0.5) is 0 Å². The monoisotopic (exact) mass is 214 g/mol. The number of rotatable bonds is 3. The first-order valence-corrected chi connectivity index (χ1v) is 4.70. The average molecular weight is 214 g/mol. The fourth-order valence-electron chi connectivity index (χ4n) is 1.05. The number of ether oxygens (including phenoxy) is 1. The zero-order valence-corrected chi connectivity index (χ0v) is 7.41. The van der Waals surface area contributed by atoms with Gasteiger partial charge in [0.1, 0.15) is 18.3 Å². The largest absolute Gasteiger partial charge is 0.394 e. The van der Waals surface area contributed by atoms with Crippen LogP contribution < -0.4 is 0 Å². The Labute approximate surface area is 75.2 Å². The second-order valence-corrected chi connectivity index (χ2v) is 3.28. The smallest absolute Gasteiger partial charge is 0.329 e. The molecule has 0 spiro atoms. The minimum Gasteiger partial charge on any atom is -0.394 e. The lowest BCUT2D eigenvalue weighted by Crippen LogP contribution is -2.34. The first kappa shape index (κ1) is 11.2. The van der Waals surface area contributed by atoms with E-state index in [1.807, 2.05) is 0 Å². The first-order valence-electron chi connectivity index (χ1n) is 3.53. The fraction of sp³-hybridized carbons (Fsp3) is 1.00. The lowest BCUT2D eigenvalue weighted by Gasteiger charge is -2.14. The molecule has 1 unspecified atom stereocenters. The highest BCUT2D eigenvalue weighted by atomic mass is 31.2. The molecular weight excluding hydrogens is 203 g/mol. The van der Waals surface area contributed by atoms with Gasteiger partial charge in [-0.05, 0) is 0 Å². The second-order valence-electron chi connectivity index (χ2n) is 2.56. The minimum atomic E-state index is -2.66. The Morgan fingerprint density at radius 1 is 1.23 bits per heavy atom. The summed E-state index contributed by atoms with van der Waals surface area (Å²) in [5.41, 5.74) is 0. The lowest BCUT2D eigenvalue weighted by atomic mass is 10.1. The van der Waals surface area contributed by atoms with Crippen LogP contribution in [0.25, 0.3) is 0 Å². The number of aliphatic hydroxyl groups is 3. The highest BCUT2D eigenvalue weighted by Crippen LogP contribution is 2.33. The minimum absolute atomic E-state index is 0.479. The molecule has 1 rings (SSSR count). The Morgan fingerprint density at radius 3 is 2.23 bits per heavy atom. The molecule has 8 heteroatoms. The summed E-state index contributed by atoms with van der Waals surface area (Å²) in [6, 6.07) is 0. The molecule has 0 saturated carbocycles. The van der Waals surface area contributed by atoms with Gasteiger partial charge in [0.15, 0.2) is 6.29 Å². The highest BCUT2D eigenvalue weighted by molar-refractivity contribution is 7.39. The van der Waals surface area contributed by atoms with Gasteiger partial charge in [-0.2, -0.15) is 0 Å². The summed E-state index contributed by atoms with van der Waals surface area (Å²) < 4.78 is 9.13. The molecule has 5 N–H and O–H groups in total. The summed E-state index contributed by atoms with van der Waals surface area (Å²) in [6.45, 7) is -0.479. The van der Waals surface area contributed by atoms with E-state index in [2.05, 4.69) is 4.52 Å². The van der Waals surface area contributed by atoms with Gasteiger partial charge in [0.25, 0.3) is 0 Å². The summed E-state index contributed by atoms with van der Waals surface area (Å²) in [5.74, 6) is 0. The van der Waals surface area contributed by atoms with Crippen molar-refractivity contribution in [2.75, 3.05) is 6.61 Å². The van der Waals surface area contributed by atoms with Crippen LogP contribution in [0.5, 0.6) is 0 Å². The molecule has 0 amide bonds. The standard InChI is InChI=1S/C5H11O7P/c6-1-2-3(7)4(8)5(11-2)12-13(9)10/h2-10H,1H2/t2-,3-,4-,5?/m1/s1. The van der Waals surface area contributed by atoms with Crippen molar-refractivity contribution in [3.8, 4) is 0 Å². The molecule has 0 bridgehead atoms. The highest BCUT2D eigenvalue weighted by Gasteiger charge is 2.44. The molecule has 0 aromatic carbocycles. The van der Waals surface area contributed by atoms with Gasteiger partial charge in [0, 0.05) is 0 Å². The summed E-state index contributed by atoms with van der Waals surface area (Å²) in [5, 5.41) is 27.0. The van der Waals surface area contributed by atoms with Gasteiger partial charge in [-0.15, -0.1) is 0 Å². The van der Waals surface area contributed by atoms with Crippen molar-refractivity contribution in [1.29, 1.82) is 0 Å². The first-order chi connectivity index (χ1) is 6.06. The molecule has 78 valence electrons. The van der Waals surface area contributed by atoms with Gasteiger partial charge in [0.05, 0.1) is 6.61 Å². The third-order valence-corrected chi connectivity index (χ3v) is 2.09. The molecular formula is C5H11O7P. The van der Waals surface area contributed by atoms with E-state index in [0.29, 0.717) is 0 Å². The topological polar surface area (TPSA) is 120 Å². The van der Waals surface area contributed by atoms with E-state index in [9.17, 15) is 5.11 Å². The van der Waals surface area contributed by atoms with Crippen molar-refractivity contribution in [2.45, 2.75) is 24.6 Å². The van der Waals surface area contributed by atoms with Crippen LogP contribution in [0.3, 0.4) is 0 Å². The van der Waals surface area contributed by atoms with Crippen LogP contribution in [0.1, 0.15) is 0 Å². The van der Waals surface area contributed by atoms with Gasteiger partial charge in [-0.25, -0.2) is 0 Å². The van der Waals surface area contributed by atoms with E-state index in [4.69, 9.17) is 24.7 Å². The van der Waals surface area contributed by atoms with E-state index in [1.54, 1.807) is 0 Å². The van der Waals surface area contributed by atoms with Crippen LogP contribution >= 0.6 is 8.60 Å². The van der Waals surface area contributed by atoms with Crippen LogP contribution in [0, 0.1) is 0 Å². The Morgan fingerprint density at radius 2 is 1.85 bits per heavy atom. The Kier molecular flexibility index (Phi) is 3.96. The third-order valence-electron chi connectivity index (χ3n) is 1.70. The predicted molar refractivity (Wildman–Crippen MR) is 40.2 cm³/mol. The van der Waals surface area contributed by atoms with Crippen molar-refractivity contribution < 1.29 is 34.4 Å². The molecule has 1 heterocycles. The van der Waals surface area contributed by atoms with Gasteiger partial charge < -0.3 is 29.8 Å². The zero-order chi connectivity index (χ0) is 10.0. The van der Waals surface area contributed by atoms with Crippen LogP contribution in [-0.4, -0.2) is 56.3 Å². The maximum atomic E-state index is 9.18. The van der Waals surface area contributed by atoms with E-state index in [1.165, 1.54) is 0 Å². The number of aliphatic hydroxyl groups excluding tert-OH is 3. The van der Waals surface area contributed by atoms with E-state index in [0.717, 1.165) is 0 Å². The van der Waals surface area contributed by atoms with Gasteiger partial charge >= 0.3 is 8.60 Å². The quantitative estimate of drug-likeness (QED) is 0.334. The molecule has 0 aliphatic carbocycles. The summed E-state index contributed by atoms with van der Waals surface area (Å²) >= 11 is 0. The fourth-order valence-corrected chi connectivity index (χ4v) is 1.41. The van der Waals surface area contributed by atoms with Crippen molar-refractivity contribution in [3.63, 3.8) is 0 Å². The van der Waals surface area contributed by atoms with E-state index < -0.39 is 39.8 Å². The average Bonchev–Trinajstić information content (AvgIpc) is 2.32. The molecule has 4 atom stereocenters. The molecule has 1 fully saturated rings. The maximum Gasteiger partial charge on any atom is 0.329 e. The summed E-state index contributed by atoms with van der Waals surface area (Å²) in [4.78, 5) is 16.9. The molecule has 1 saturated heterocycles. The molecule has 0 radical (unpaired) electrons. The molecule has 13 heavy (non-hydrogen) atoms. The number of hydrogen-bond donors (Lipinski definition) is 5. The molecule has 7 nitrogen and oxygen atoms in total. The van der Waals surface area contributed by atoms with Crippen LogP contribution in [0.15, 0.2) is 0 Å². The van der Waals surface area contributed by atoms with E-state index in [-0.39, 0.29) is 0 Å². The molecule has 0 aromatic heterocycles. The van der Waals surface area contributed by atoms with Gasteiger partial charge in [-0.1, -0.05) is 0 Å². The normalized spacial score (nSPS) is 40.2. The predicted octanol–water partition coefficient (Wildman–Crippen LogP) is -2.35. The summed E-state index contributed by atoms with van der Waals surface area (Å²) in [6.07, 6.45) is -4.95. The van der Waals surface area contributed by atoms with Gasteiger partial charge in [-0.3, -0.25) is 4.52 Å². The maximum absolute atomic E-state index is 9.18. The van der Waals surface area contributed by atoms with Crippen molar-refractivity contribution in [2.24, 2.45) is 0 Å². The van der Waals surface area contributed by atoms with Crippen LogP contribution in [0.2, 0.25) is 0 Å². The molecule has 0 aromatic rings. The SMILES string of the molecule is OC[C@H]1OC(OP(O)O)[C@H](O)[C@@H]1O.